The highest BCUT2D eigenvalue weighted by Gasteiger charge is 2.03. The number of rotatable bonds is 4. The van der Waals surface area contributed by atoms with Gasteiger partial charge >= 0.3 is 0 Å². The van der Waals surface area contributed by atoms with Gasteiger partial charge in [0.2, 0.25) is 0 Å². The van der Waals surface area contributed by atoms with Gasteiger partial charge in [-0.05, 0) is 24.3 Å². The van der Waals surface area contributed by atoms with Crippen molar-refractivity contribution in [3.05, 3.63) is 48.4 Å². The van der Waals surface area contributed by atoms with E-state index in [4.69, 9.17) is 5.73 Å². The summed E-state index contributed by atoms with van der Waals surface area (Å²) in [6.07, 6.45) is 4.44. The molecule has 0 aliphatic carbocycles. The molecule has 0 atom stereocenters. The summed E-state index contributed by atoms with van der Waals surface area (Å²) in [6, 6.07) is 9.83. The van der Waals surface area contributed by atoms with Gasteiger partial charge in [-0.1, -0.05) is 6.07 Å². The van der Waals surface area contributed by atoms with Crippen molar-refractivity contribution in [1.29, 1.82) is 0 Å². The molecule has 0 amide bonds. The number of anilines is 2. The first kappa shape index (κ1) is 11.5. The summed E-state index contributed by atoms with van der Waals surface area (Å²) >= 11 is 0. The molecule has 0 aliphatic heterocycles. The molecule has 0 radical (unpaired) electrons. The molecule has 0 saturated carbocycles. The molecule has 0 fully saturated rings. The van der Waals surface area contributed by atoms with Crippen LogP contribution in [0.15, 0.2) is 42.7 Å². The van der Waals surface area contributed by atoms with Crippen LogP contribution in [0.5, 0.6) is 0 Å². The third kappa shape index (κ3) is 2.49. The highest BCUT2D eigenvalue weighted by molar-refractivity contribution is 5.88. The van der Waals surface area contributed by atoms with Crippen molar-refractivity contribution < 1.29 is 0 Å². The number of aromatic nitrogens is 3. The summed E-state index contributed by atoms with van der Waals surface area (Å²) < 4.78 is 0. The van der Waals surface area contributed by atoms with Crippen molar-refractivity contribution in [3.8, 4) is 0 Å². The van der Waals surface area contributed by atoms with E-state index < -0.39 is 0 Å². The largest absolute Gasteiger partial charge is 0.397 e. The number of hydrogen-bond acceptors (Lipinski definition) is 4. The number of hydrogen-bond donors (Lipinski definition) is 3. The molecule has 1 aromatic carbocycles. The Kier molecular flexibility index (Phi) is 3.02. The molecule has 2 heterocycles. The van der Waals surface area contributed by atoms with Gasteiger partial charge in [-0.25, -0.2) is 0 Å². The lowest BCUT2D eigenvalue weighted by Gasteiger charge is -2.09. The Bertz CT molecular complexity index is 675. The fourth-order valence-corrected chi connectivity index (χ4v) is 2.03. The molecule has 3 aromatic rings. The fraction of sp³-hybridized carbons (Fsp3) is 0.143. The van der Waals surface area contributed by atoms with Crippen LogP contribution in [0.4, 0.5) is 11.4 Å². The molecule has 0 bridgehead atoms. The number of nitrogens with zero attached hydrogens (tertiary/aromatic N) is 2. The van der Waals surface area contributed by atoms with Crippen LogP contribution in [0, 0.1) is 0 Å². The molecule has 5 heteroatoms. The minimum absolute atomic E-state index is 0.731. The van der Waals surface area contributed by atoms with Gasteiger partial charge in [0.25, 0.3) is 0 Å². The summed E-state index contributed by atoms with van der Waals surface area (Å²) in [5.74, 6) is 0. The summed E-state index contributed by atoms with van der Waals surface area (Å²) in [6.45, 7) is 0.793. The molecule has 5 nitrogen and oxygen atoms in total. The van der Waals surface area contributed by atoms with Crippen molar-refractivity contribution >= 4 is 22.3 Å². The van der Waals surface area contributed by atoms with Crippen molar-refractivity contribution in [2.24, 2.45) is 0 Å². The molecule has 0 aliphatic rings. The number of nitrogen functional groups attached to an aromatic ring is 1. The Balaban J connectivity index is 1.69. The second-order valence-corrected chi connectivity index (χ2v) is 4.39. The maximum atomic E-state index is 6.01. The number of benzene rings is 1. The van der Waals surface area contributed by atoms with Crippen molar-refractivity contribution in [2.75, 3.05) is 17.6 Å². The molecular formula is C14H15N5. The van der Waals surface area contributed by atoms with Gasteiger partial charge in [0.1, 0.15) is 0 Å². The summed E-state index contributed by atoms with van der Waals surface area (Å²) in [5.41, 5.74) is 9.71. The van der Waals surface area contributed by atoms with Crippen LogP contribution in [-0.4, -0.2) is 21.7 Å². The van der Waals surface area contributed by atoms with Crippen molar-refractivity contribution in [2.45, 2.75) is 6.42 Å². The zero-order valence-corrected chi connectivity index (χ0v) is 10.4. The predicted octanol–water partition coefficient (Wildman–Crippen LogP) is 2.19. The molecule has 0 unspecified atom stereocenters. The third-order valence-corrected chi connectivity index (χ3v) is 3.03. The van der Waals surface area contributed by atoms with Gasteiger partial charge in [0.15, 0.2) is 0 Å². The van der Waals surface area contributed by atoms with E-state index in [1.54, 1.807) is 12.4 Å². The molecule has 0 saturated heterocycles. The van der Waals surface area contributed by atoms with Gasteiger partial charge in [-0.15, -0.1) is 0 Å². The van der Waals surface area contributed by atoms with E-state index in [1.165, 1.54) is 0 Å². The smallest absolute Gasteiger partial charge is 0.0672 e. The number of nitrogens with two attached hydrogens (primary N) is 1. The highest BCUT2D eigenvalue weighted by atomic mass is 15.1. The average Bonchev–Trinajstić information content (AvgIpc) is 2.87. The van der Waals surface area contributed by atoms with Crippen molar-refractivity contribution in [1.82, 2.24) is 15.2 Å². The first-order chi connectivity index (χ1) is 9.33. The topological polar surface area (TPSA) is 79.6 Å². The van der Waals surface area contributed by atoms with Crippen LogP contribution in [0.1, 0.15) is 5.69 Å². The Labute approximate surface area is 110 Å². The Hall–Kier alpha value is -2.56. The van der Waals surface area contributed by atoms with Gasteiger partial charge in [-0.2, -0.15) is 5.10 Å². The highest BCUT2D eigenvalue weighted by Crippen LogP contribution is 2.24. The van der Waals surface area contributed by atoms with Gasteiger partial charge in [-0.3, -0.25) is 10.1 Å². The molecule has 4 N–H and O–H groups in total. The van der Waals surface area contributed by atoms with Gasteiger partial charge in [0.05, 0.1) is 23.1 Å². The molecule has 0 spiro atoms. The van der Waals surface area contributed by atoms with Crippen molar-refractivity contribution in [3.63, 3.8) is 0 Å². The minimum atomic E-state index is 0.731. The van der Waals surface area contributed by atoms with E-state index in [2.05, 4.69) is 20.5 Å². The second-order valence-electron chi connectivity index (χ2n) is 4.39. The van der Waals surface area contributed by atoms with E-state index in [9.17, 15) is 0 Å². The maximum Gasteiger partial charge on any atom is 0.0672 e. The summed E-state index contributed by atoms with van der Waals surface area (Å²) in [5, 5.41) is 11.3. The lowest BCUT2D eigenvalue weighted by atomic mass is 10.2. The number of aromatic amines is 1. The van der Waals surface area contributed by atoms with Crippen LogP contribution in [0.25, 0.3) is 10.9 Å². The number of pyridine rings is 1. The minimum Gasteiger partial charge on any atom is -0.397 e. The average molecular weight is 253 g/mol. The lowest BCUT2D eigenvalue weighted by molar-refractivity contribution is 0.962. The van der Waals surface area contributed by atoms with E-state index in [0.29, 0.717) is 0 Å². The van der Waals surface area contributed by atoms with Gasteiger partial charge in [0, 0.05) is 30.2 Å². The first-order valence-corrected chi connectivity index (χ1v) is 6.19. The zero-order valence-electron chi connectivity index (χ0n) is 10.4. The van der Waals surface area contributed by atoms with E-state index in [-0.39, 0.29) is 0 Å². The molecule has 3 rings (SSSR count). The zero-order chi connectivity index (χ0) is 13.1. The Morgan fingerprint density at radius 2 is 2.21 bits per heavy atom. The van der Waals surface area contributed by atoms with Crippen LogP contribution in [0.2, 0.25) is 0 Å². The number of nitrogens with one attached hydrogen (secondary N) is 2. The summed E-state index contributed by atoms with van der Waals surface area (Å²) in [4.78, 5) is 4.29. The normalized spacial score (nSPS) is 10.7. The number of H-pyrrole nitrogens is 1. The van der Waals surface area contributed by atoms with Crippen LogP contribution >= 0.6 is 0 Å². The fourth-order valence-electron chi connectivity index (χ4n) is 2.03. The second kappa shape index (κ2) is 4.97. The maximum absolute atomic E-state index is 6.01. The molecule has 2 aromatic heterocycles. The molecule has 19 heavy (non-hydrogen) atoms. The SMILES string of the molecule is Nc1cc2cn[nH]c2cc1NCCc1ccccn1. The predicted molar refractivity (Wildman–Crippen MR) is 76.9 cm³/mol. The Morgan fingerprint density at radius 1 is 1.26 bits per heavy atom. The standard InChI is InChI=1S/C14H15N5/c15-12-7-10-9-18-19-13(10)8-14(12)17-6-4-11-3-1-2-5-16-11/h1-3,5,7-9,17H,4,6,15H2,(H,18,19). The van der Waals surface area contributed by atoms with E-state index in [0.717, 1.165) is 40.9 Å². The Morgan fingerprint density at radius 3 is 3.05 bits per heavy atom. The van der Waals surface area contributed by atoms with E-state index >= 15 is 0 Å². The van der Waals surface area contributed by atoms with Crippen LogP contribution in [-0.2, 0) is 6.42 Å². The van der Waals surface area contributed by atoms with E-state index in [1.807, 2.05) is 30.3 Å². The first-order valence-electron chi connectivity index (χ1n) is 6.19. The molecule has 96 valence electrons. The lowest BCUT2D eigenvalue weighted by Crippen LogP contribution is -2.07. The van der Waals surface area contributed by atoms with Crippen LogP contribution < -0.4 is 11.1 Å². The van der Waals surface area contributed by atoms with Crippen LogP contribution in [0.3, 0.4) is 0 Å². The molecular weight excluding hydrogens is 238 g/mol. The van der Waals surface area contributed by atoms with Gasteiger partial charge < -0.3 is 11.1 Å². The summed E-state index contributed by atoms with van der Waals surface area (Å²) in [7, 11) is 0. The monoisotopic (exact) mass is 253 g/mol. The number of fused-ring (bicyclic) bond motifs is 1. The third-order valence-electron chi connectivity index (χ3n) is 3.03. The quantitative estimate of drug-likeness (QED) is 0.623.